The molecule has 0 N–H and O–H groups in total. The highest BCUT2D eigenvalue weighted by Gasteiger charge is 2.43. The van der Waals surface area contributed by atoms with Gasteiger partial charge in [-0.2, -0.15) is 0 Å². The molecule has 0 amide bonds. The smallest absolute Gasteiger partial charge is 0.0159 e. The third kappa shape index (κ3) is 4.01. The van der Waals surface area contributed by atoms with E-state index in [2.05, 4.69) is 175 Å². The summed E-state index contributed by atoms with van der Waals surface area (Å²) in [5.74, 6) is 0. The van der Waals surface area contributed by atoms with Gasteiger partial charge in [0.2, 0.25) is 0 Å². The van der Waals surface area contributed by atoms with Crippen LogP contribution in [0, 0.1) is 13.8 Å². The van der Waals surface area contributed by atoms with Crippen molar-refractivity contribution in [1.29, 1.82) is 0 Å². The Balaban J connectivity index is 0.959. The summed E-state index contributed by atoms with van der Waals surface area (Å²) in [6, 6.07) is 52.0. The summed E-state index contributed by atoms with van der Waals surface area (Å²) in [5.41, 5.74) is 22.4. The highest BCUT2D eigenvalue weighted by molar-refractivity contribution is 6.25. The summed E-state index contributed by atoms with van der Waals surface area (Å²) in [6.07, 6.45) is 2.19. The number of rotatable bonds is 2. The van der Waals surface area contributed by atoms with Crippen LogP contribution in [-0.2, 0) is 23.7 Å². The molecule has 3 aliphatic carbocycles. The molecule has 0 saturated carbocycles. The third-order valence-corrected chi connectivity index (χ3v) is 15.1. The lowest BCUT2D eigenvalue weighted by molar-refractivity contribution is 0.652. The highest BCUT2D eigenvalue weighted by Crippen LogP contribution is 2.58. The molecule has 0 heteroatoms. The predicted octanol–water partition coefficient (Wildman–Crippen LogP) is 15.6. The monoisotopic (exact) mass is 740 g/mol. The van der Waals surface area contributed by atoms with Crippen molar-refractivity contribution in [3.05, 3.63) is 178 Å². The van der Waals surface area contributed by atoms with Crippen LogP contribution in [0.5, 0.6) is 0 Å². The minimum absolute atomic E-state index is 0.128. The van der Waals surface area contributed by atoms with Crippen LogP contribution in [0.2, 0.25) is 0 Å². The molecule has 13 rings (SSSR count). The molecule has 0 nitrogen and oxygen atoms in total. The highest BCUT2D eigenvalue weighted by atomic mass is 14.5. The van der Waals surface area contributed by atoms with Gasteiger partial charge in [-0.05, 0) is 194 Å². The lowest BCUT2D eigenvalue weighted by Crippen LogP contribution is -2.17. The summed E-state index contributed by atoms with van der Waals surface area (Å²) >= 11 is 0. The largest absolute Gasteiger partial charge is 0.0614 e. The zero-order valence-electron chi connectivity index (χ0n) is 34.1. The molecule has 0 radical (unpaired) electrons. The minimum atomic E-state index is -0.139. The molecular weight excluding hydrogens is 697 g/mol. The predicted molar refractivity (Wildman–Crippen MR) is 248 cm³/mol. The number of hydrogen-bond donors (Lipinski definition) is 0. The molecule has 58 heavy (non-hydrogen) atoms. The molecule has 10 aromatic carbocycles. The Labute approximate surface area is 340 Å². The fraction of sp³-hybridized carbons (Fsp3) is 0.172. The average Bonchev–Trinajstić information content (AvgIpc) is 3.60. The van der Waals surface area contributed by atoms with Crippen molar-refractivity contribution in [2.75, 3.05) is 0 Å². The van der Waals surface area contributed by atoms with Gasteiger partial charge in [0.15, 0.2) is 0 Å². The molecule has 10 aromatic rings. The molecule has 0 bridgehead atoms. The summed E-state index contributed by atoms with van der Waals surface area (Å²) in [7, 11) is 0. The molecule has 0 aliphatic heterocycles. The van der Waals surface area contributed by atoms with Gasteiger partial charge in [-0.3, -0.25) is 0 Å². The number of hydrogen-bond acceptors (Lipinski definition) is 0. The van der Waals surface area contributed by atoms with Gasteiger partial charge in [-0.15, -0.1) is 0 Å². The van der Waals surface area contributed by atoms with Crippen LogP contribution in [0.1, 0.15) is 72.2 Å². The van der Waals surface area contributed by atoms with Gasteiger partial charge in [0.05, 0.1) is 0 Å². The van der Waals surface area contributed by atoms with Crippen LogP contribution < -0.4 is 0 Å². The van der Waals surface area contributed by atoms with E-state index in [1.165, 1.54) is 143 Å². The van der Waals surface area contributed by atoms with Crippen molar-refractivity contribution in [3.8, 4) is 44.5 Å². The van der Waals surface area contributed by atoms with E-state index in [4.69, 9.17) is 0 Å². The first-order chi connectivity index (χ1) is 28.1. The van der Waals surface area contributed by atoms with E-state index >= 15 is 0 Å². The maximum Gasteiger partial charge on any atom is 0.0159 e. The van der Waals surface area contributed by atoms with Gasteiger partial charge in [0, 0.05) is 10.8 Å². The Hall–Kier alpha value is -6.24. The van der Waals surface area contributed by atoms with E-state index in [0.29, 0.717) is 0 Å². The van der Waals surface area contributed by atoms with Gasteiger partial charge in [0.25, 0.3) is 0 Å². The lowest BCUT2D eigenvalue weighted by Gasteiger charge is -2.25. The topological polar surface area (TPSA) is 0 Å². The van der Waals surface area contributed by atoms with Crippen molar-refractivity contribution in [2.24, 2.45) is 0 Å². The third-order valence-electron chi connectivity index (χ3n) is 15.1. The molecule has 276 valence electrons. The summed E-state index contributed by atoms with van der Waals surface area (Å²) in [4.78, 5) is 0. The second-order valence-corrected chi connectivity index (χ2v) is 18.9. The Morgan fingerprint density at radius 3 is 1.48 bits per heavy atom. The number of fused-ring (bicyclic) bond motifs is 6. The van der Waals surface area contributed by atoms with E-state index in [0.717, 1.165) is 12.8 Å². The number of benzene rings is 10. The van der Waals surface area contributed by atoms with Crippen molar-refractivity contribution >= 4 is 53.9 Å². The van der Waals surface area contributed by atoms with Crippen LogP contribution in [-0.4, -0.2) is 0 Å². The van der Waals surface area contributed by atoms with E-state index < -0.39 is 0 Å². The van der Waals surface area contributed by atoms with Crippen LogP contribution in [0.3, 0.4) is 0 Å². The Bertz CT molecular complexity index is 3500. The van der Waals surface area contributed by atoms with Crippen molar-refractivity contribution < 1.29 is 0 Å². The number of aryl methyl sites for hydroxylation is 4. The molecule has 0 atom stereocenters. The van der Waals surface area contributed by atoms with Crippen LogP contribution >= 0.6 is 0 Å². The van der Waals surface area contributed by atoms with Gasteiger partial charge in [-0.1, -0.05) is 137 Å². The Morgan fingerprint density at radius 1 is 0.379 bits per heavy atom. The second-order valence-electron chi connectivity index (χ2n) is 18.9. The second kappa shape index (κ2) is 10.8. The van der Waals surface area contributed by atoms with Gasteiger partial charge in [-0.25, -0.2) is 0 Å². The van der Waals surface area contributed by atoms with Gasteiger partial charge in [0.1, 0.15) is 0 Å². The Morgan fingerprint density at radius 2 is 0.862 bits per heavy atom. The molecule has 0 fully saturated rings. The van der Waals surface area contributed by atoms with Crippen molar-refractivity contribution in [1.82, 2.24) is 0 Å². The lowest BCUT2D eigenvalue weighted by atomic mass is 9.78. The summed E-state index contributed by atoms with van der Waals surface area (Å²) in [5, 5.41) is 13.7. The molecule has 0 unspecified atom stereocenters. The quantitative estimate of drug-likeness (QED) is 0.155. The molecule has 0 aromatic heterocycles. The zero-order valence-corrected chi connectivity index (χ0v) is 34.1. The maximum atomic E-state index is 2.59. The van der Waals surface area contributed by atoms with Crippen LogP contribution in [0.15, 0.2) is 133 Å². The summed E-state index contributed by atoms with van der Waals surface area (Å²) < 4.78 is 0. The van der Waals surface area contributed by atoms with Gasteiger partial charge >= 0.3 is 0 Å². The SMILES string of the molecule is Cc1cc(-c2ccc3ccc4cccc5c4c3c2CC5)cc2c1-c1cc3c(cc1C2(C)C)-c1c(C)cc(-c2ccc4ccc5cccc6ccc2c4c56)cc1C3(C)C. The molecule has 0 heterocycles. The normalized spacial score (nSPS) is 15.6. The molecule has 3 aliphatic rings. The van der Waals surface area contributed by atoms with Crippen molar-refractivity contribution in [3.63, 3.8) is 0 Å². The van der Waals surface area contributed by atoms with E-state index in [1.54, 1.807) is 0 Å². The van der Waals surface area contributed by atoms with Gasteiger partial charge < -0.3 is 0 Å². The first-order valence-electron chi connectivity index (χ1n) is 21.2. The maximum absolute atomic E-state index is 2.59. The Kier molecular flexibility index (Phi) is 6.12. The standard InChI is InChI=1S/C58H44/c1-31-25-39(41-21-17-37-15-13-33-9-7-11-35-19-23-43(41)55(37)53(33)35)27-49-51(31)45-29-48-46(30-47(45)57(49,3)4)52-32(2)26-40(28-50(52)58(48,5)6)42-22-18-38-16-14-34-10-8-12-36-20-24-44(42)56(38)54(34)36/h7-19,21-23,25-30H,20,24H2,1-6H3. The summed E-state index contributed by atoms with van der Waals surface area (Å²) in [6.45, 7) is 14.5. The van der Waals surface area contributed by atoms with Crippen LogP contribution in [0.4, 0.5) is 0 Å². The first-order valence-corrected chi connectivity index (χ1v) is 21.2. The van der Waals surface area contributed by atoms with Crippen molar-refractivity contribution in [2.45, 2.75) is 65.2 Å². The van der Waals surface area contributed by atoms with E-state index in [1.807, 2.05) is 0 Å². The fourth-order valence-electron chi connectivity index (χ4n) is 12.3. The minimum Gasteiger partial charge on any atom is -0.0614 e. The molecule has 0 spiro atoms. The zero-order chi connectivity index (χ0) is 39.0. The fourth-order valence-corrected chi connectivity index (χ4v) is 12.3. The first kappa shape index (κ1) is 32.8. The molecule has 0 saturated heterocycles. The molecular formula is C58H44. The van der Waals surface area contributed by atoms with Crippen LogP contribution in [0.25, 0.3) is 98.4 Å². The van der Waals surface area contributed by atoms with E-state index in [-0.39, 0.29) is 10.8 Å². The average molecular weight is 741 g/mol. The van der Waals surface area contributed by atoms with E-state index in [9.17, 15) is 0 Å².